The highest BCUT2D eigenvalue weighted by Crippen LogP contribution is 2.13. The van der Waals surface area contributed by atoms with Crippen LogP contribution in [0, 0.1) is 0 Å². The SMILES string of the molecule is O=C(O)CCC(O)c1c[nH]c(=O)[nH]1. The van der Waals surface area contributed by atoms with E-state index in [9.17, 15) is 14.7 Å². The van der Waals surface area contributed by atoms with E-state index in [4.69, 9.17) is 5.11 Å². The van der Waals surface area contributed by atoms with Gasteiger partial charge in [-0.25, -0.2) is 4.79 Å². The Morgan fingerprint density at radius 2 is 2.31 bits per heavy atom. The molecule has 13 heavy (non-hydrogen) atoms. The predicted molar refractivity (Wildman–Crippen MR) is 43.2 cm³/mol. The molecular weight excluding hydrogens is 176 g/mol. The molecular formula is C7H10N2O4. The average molecular weight is 186 g/mol. The molecule has 0 bridgehead atoms. The Labute approximate surface area is 73.2 Å². The number of hydrogen-bond donors (Lipinski definition) is 4. The van der Waals surface area contributed by atoms with Gasteiger partial charge in [-0.3, -0.25) is 4.79 Å². The summed E-state index contributed by atoms with van der Waals surface area (Å²) in [5.74, 6) is -0.975. The fourth-order valence-corrected chi connectivity index (χ4v) is 0.942. The largest absolute Gasteiger partial charge is 0.481 e. The molecule has 0 radical (unpaired) electrons. The number of aromatic amines is 2. The summed E-state index contributed by atoms with van der Waals surface area (Å²) >= 11 is 0. The van der Waals surface area contributed by atoms with Gasteiger partial charge >= 0.3 is 11.7 Å². The molecule has 1 aromatic heterocycles. The van der Waals surface area contributed by atoms with Gasteiger partial charge < -0.3 is 20.2 Å². The van der Waals surface area contributed by atoms with Crippen molar-refractivity contribution in [3.63, 3.8) is 0 Å². The number of carboxylic acid groups (broad SMARTS) is 1. The summed E-state index contributed by atoms with van der Waals surface area (Å²) in [6.45, 7) is 0. The van der Waals surface area contributed by atoms with Crippen LogP contribution in [0.1, 0.15) is 24.6 Å². The minimum absolute atomic E-state index is 0.0864. The lowest BCUT2D eigenvalue weighted by molar-refractivity contribution is -0.137. The Bertz CT molecular complexity index is 340. The summed E-state index contributed by atoms with van der Waals surface area (Å²) in [6.07, 6.45) is 0.349. The first kappa shape index (κ1) is 9.53. The summed E-state index contributed by atoms with van der Waals surface area (Å²) in [4.78, 5) is 25.4. The van der Waals surface area contributed by atoms with Crippen molar-refractivity contribution in [1.29, 1.82) is 0 Å². The molecule has 0 aromatic carbocycles. The lowest BCUT2D eigenvalue weighted by Gasteiger charge is -2.04. The van der Waals surface area contributed by atoms with Crippen LogP contribution in [0.4, 0.5) is 0 Å². The number of carboxylic acids is 1. The van der Waals surface area contributed by atoms with Gasteiger partial charge in [-0.2, -0.15) is 0 Å². The summed E-state index contributed by atoms with van der Waals surface area (Å²) in [5, 5.41) is 17.7. The number of hydrogen-bond acceptors (Lipinski definition) is 3. The van der Waals surface area contributed by atoms with E-state index in [2.05, 4.69) is 9.97 Å². The molecule has 1 atom stereocenters. The predicted octanol–water partition coefficient (Wildman–Crippen LogP) is -0.399. The van der Waals surface area contributed by atoms with Gasteiger partial charge in [0.15, 0.2) is 0 Å². The third-order valence-corrected chi connectivity index (χ3v) is 1.61. The highest BCUT2D eigenvalue weighted by molar-refractivity contribution is 5.66. The number of H-pyrrole nitrogens is 2. The van der Waals surface area contributed by atoms with Crippen LogP contribution in [-0.4, -0.2) is 26.2 Å². The Hall–Kier alpha value is -1.56. The Balaban J connectivity index is 2.53. The van der Waals surface area contributed by atoms with E-state index in [-0.39, 0.29) is 12.8 Å². The third-order valence-electron chi connectivity index (χ3n) is 1.61. The zero-order chi connectivity index (χ0) is 9.84. The van der Waals surface area contributed by atoms with Crippen LogP contribution in [0.2, 0.25) is 0 Å². The van der Waals surface area contributed by atoms with Crippen LogP contribution in [0.25, 0.3) is 0 Å². The quantitative estimate of drug-likeness (QED) is 0.513. The minimum atomic E-state index is -0.975. The van der Waals surface area contributed by atoms with Crippen molar-refractivity contribution in [2.24, 2.45) is 0 Å². The second kappa shape index (κ2) is 3.90. The van der Waals surface area contributed by atoms with E-state index in [1.54, 1.807) is 0 Å². The summed E-state index contributed by atoms with van der Waals surface area (Å²) in [5.41, 5.74) is -0.101. The molecule has 1 heterocycles. The summed E-state index contributed by atoms with van der Waals surface area (Å²) in [6, 6.07) is 0. The number of imidazole rings is 1. The topological polar surface area (TPSA) is 106 Å². The van der Waals surface area contributed by atoms with Crippen LogP contribution >= 0.6 is 0 Å². The Morgan fingerprint density at radius 1 is 1.62 bits per heavy atom. The molecule has 6 heteroatoms. The van der Waals surface area contributed by atoms with Gasteiger partial charge in [0.2, 0.25) is 0 Å². The number of aromatic nitrogens is 2. The van der Waals surface area contributed by atoms with Crippen molar-refractivity contribution < 1.29 is 15.0 Å². The first-order valence-electron chi connectivity index (χ1n) is 3.77. The molecule has 0 saturated carbocycles. The van der Waals surface area contributed by atoms with Crippen molar-refractivity contribution in [1.82, 2.24) is 9.97 Å². The standard InChI is InChI=1S/C7H10N2O4/c10-5(1-2-6(11)12)4-3-8-7(13)9-4/h3,5,10H,1-2H2,(H,11,12)(H2,8,9,13). The molecule has 0 aliphatic carbocycles. The van der Waals surface area contributed by atoms with Crippen molar-refractivity contribution >= 4 is 5.97 Å². The van der Waals surface area contributed by atoms with Gasteiger partial charge in [-0.1, -0.05) is 0 Å². The molecule has 0 aliphatic rings. The van der Waals surface area contributed by atoms with Gasteiger partial charge in [-0.15, -0.1) is 0 Å². The van der Waals surface area contributed by atoms with Gasteiger partial charge in [0.05, 0.1) is 11.8 Å². The van der Waals surface area contributed by atoms with E-state index in [0.29, 0.717) is 5.69 Å². The molecule has 0 spiro atoms. The highest BCUT2D eigenvalue weighted by Gasteiger charge is 2.10. The maximum absolute atomic E-state index is 10.6. The molecule has 0 fully saturated rings. The van der Waals surface area contributed by atoms with Crippen LogP contribution in [0.5, 0.6) is 0 Å². The van der Waals surface area contributed by atoms with Gasteiger partial charge in [0.25, 0.3) is 0 Å². The second-order valence-electron chi connectivity index (χ2n) is 2.65. The number of aliphatic carboxylic acids is 1. The Morgan fingerprint density at radius 3 is 2.77 bits per heavy atom. The molecule has 6 nitrogen and oxygen atoms in total. The summed E-state index contributed by atoms with van der Waals surface area (Å²) < 4.78 is 0. The number of rotatable bonds is 4. The molecule has 4 N–H and O–H groups in total. The normalized spacial score (nSPS) is 12.7. The zero-order valence-corrected chi connectivity index (χ0v) is 6.78. The van der Waals surface area contributed by atoms with E-state index < -0.39 is 17.8 Å². The smallest absolute Gasteiger partial charge is 0.323 e. The second-order valence-corrected chi connectivity index (χ2v) is 2.65. The lowest BCUT2D eigenvalue weighted by atomic mass is 10.1. The molecule has 72 valence electrons. The van der Waals surface area contributed by atoms with Gasteiger partial charge in [0.1, 0.15) is 0 Å². The minimum Gasteiger partial charge on any atom is -0.481 e. The fraction of sp³-hybridized carbons (Fsp3) is 0.429. The number of aliphatic hydroxyl groups is 1. The molecule has 0 aliphatic heterocycles. The van der Waals surface area contributed by atoms with Crippen molar-refractivity contribution in [3.05, 3.63) is 22.4 Å². The zero-order valence-electron chi connectivity index (χ0n) is 6.78. The Kier molecular flexibility index (Phi) is 2.86. The fourth-order valence-electron chi connectivity index (χ4n) is 0.942. The molecule has 0 amide bonds. The van der Waals surface area contributed by atoms with Crippen molar-refractivity contribution in [3.8, 4) is 0 Å². The number of nitrogens with one attached hydrogen (secondary N) is 2. The highest BCUT2D eigenvalue weighted by atomic mass is 16.4. The number of carbonyl (C=O) groups is 1. The first-order valence-corrected chi connectivity index (χ1v) is 3.77. The maximum Gasteiger partial charge on any atom is 0.323 e. The van der Waals surface area contributed by atoms with E-state index in [1.165, 1.54) is 6.20 Å². The van der Waals surface area contributed by atoms with Crippen molar-refractivity contribution in [2.75, 3.05) is 0 Å². The monoisotopic (exact) mass is 186 g/mol. The van der Waals surface area contributed by atoms with Crippen LogP contribution < -0.4 is 5.69 Å². The molecule has 0 saturated heterocycles. The van der Waals surface area contributed by atoms with Gasteiger partial charge in [-0.05, 0) is 6.42 Å². The van der Waals surface area contributed by atoms with Crippen LogP contribution in [0.3, 0.4) is 0 Å². The molecule has 1 rings (SSSR count). The number of aliphatic hydroxyl groups excluding tert-OH is 1. The van der Waals surface area contributed by atoms with Gasteiger partial charge in [0, 0.05) is 12.6 Å². The first-order chi connectivity index (χ1) is 6.09. The summed E-state index contributed by atoms with van der Waals surface area (Å²) in [7, 11) is 0. The maximum atomic E-state index is 10.6. The third kappa shape index (κ3) is 2.75. The van der Waals surface area contributed by atoms with Crippen LogP contribution in [0.15, 0.2) is 11.0 Å². The van der Waals surface area contributed by atoms with Crippen molar-refractivity contribution in [2.45, 2.75) is 18.9 Å². The molecule has 1 aromatic rings. The lowest BCUT2D eigenvalue weighted by Crippen LogP contribution is -2.06. The van der Waals surface area contributed by atoms with E-state index in [1.807, 2.05) is 0 Å². The van der Waals surface area contributed by atoms with E-state index >= 15 is 0 Å². The van der Waals surface area contributed by atoms with E-state index in [0.717, 1.165) is 0 Å². The van der Waals surface area contributed by atoms with Crippen LogP contribution in [-0.2, 0) is 4.79 Å². The molecule has 1 unspecified atom stereocenters. The average Bonchev–Trinajstić information content (AvgIpc) is 2.47.